The topological polar surface area (TPSA) is 43.6 Å². The highest BCUT2D eigenvalue weighted by Gasteiger charge is 2.30. The van der Waals surface area contributed by atoms with Gasteiger partial charge in [0.25, 0.3) is 0 Å². The first kappa shape index (κ1) is 19.7. The summed E-state index contributed by atoms with van der Waals surface area (Å²) in [5, 5.41) is 8.77. The summed E-state index contributed by atoms with van der Waals surface area (Å²) in [4.78, 5) is 5.07. The second kappa shape index (κ2) is 8.73. The molecule has 0 fully saturated rings. The Morgan fingerprint density at radius 3 is 2.63 bits per heavy atom. The minimum Gasteiger partial charge on any atom is -0.256 e. The first-order chi connectivity index (χ1) is 12.9. The van der Waals surface area contributed by atoms with Gasteiger partial charge in [-0.2, -0.15) is 13.2 Å². The largest absolute Gasteiger partial charge is 0.416 e. The summed E-state index contributed by atoms with van der Waals surface area (Å²) in [5.74, 6) is 0.933. The molecule has 3 aromatic rings. The van der Waals surface area contributed by atoms with Crippen molar-refractivity contribution in [3.8, 4) is 0 Å². The van der Waals surface area contributed by atoms with Gasteiger partial charge in [0.15, 0.2) is 0 Å². The van der Waals surface area contributed by atoms with Gasteiger partial charge in [-0.1, -0.05) is 24.1 Å². The van der Waals surface area contributed by atoms with E-state index in [1.165, 1.54) is 6.07 Å². The molecule has 0 aliphatic heterocycles. The Hall–Kier alpha value is -2.09. The van der Waals surface area contributed by atoms with Gasteiger partial charge >= 0.3 is 6.18 Å². The fourth-order valence-corrected chi connectivity index (χ4v) is 3.89. The highest BCUT2D eigenvalue weighted by Crippen LogP contribution is 2.33. The zero-order chi connectivity index (χ0) is 19.3. The number of fused-ring (bicyclic) bond motifs is 1. The van der Waals surface area contributed by atoms with E-state index in [1.807, 2.05) is 23.9 Å². The lowest BCUT2D eigenvalue weighted by Crippen LogP contribution is -2.04. The van der Waals surface area contributed by atoms with Gasteiger partial charge in [-0.25, -0.2) is 0 Å². The first-order valence-electron chi connectivity index (χ1n) is 8.89. The lowest BCUT2D eigenvalue weighted by atomic mass is 10.1. The average molecular weight is 394 g/mol. The fourth-order valence-electron chi connectivity index (χ4n) is 2.84. The van der Waals surface area contributed by atoms with E-state index in [1.54, 1.807) is 18.0 Å². The standard InChI is InChI=1S/C19H21F3N4S/c1-14-13-26(25-24-14)10-4-2-3-5-11-27-18-8-9-23-17-12-15(19(20,21)22)6-7-16(17)18/h6-9,12-13H,2-5,10-11H2,1H3. The minimum absolute atomic E-state index is 0.387. The zero-order valence-corrected chi connectivity index (χ0v) is 15.9. The number of pyridine rings is 1. The number of rotatable bonds is 8. The van der Waals surface area contributed by atoms with Crippen LogP contribution in [0.1, 0.15) is 36.9 Å². The molecule has 27 heavy (non-hydrogen) atoms. The van der Waals surface area contributed by atoms with E-state index in [0.29, 0.717) is 5.52 Å². The van der Waals surface area contributed by atoms with Gasteiger partial charge in [-0.05, 0) is 43.7 Å². The second-order valence-electron chi connectivity index (χ2n) is 6.42. The summed E-state index contributed by atoms with van der Waals surface area (Å²) in [6, 6.07) is 5.63. The molecule has 0 bridgehead atoms. The van der Waals surface area contributed by atoms with E-state index in [-0.39, 0.29) is 0 Å². The summed E-state index contributed by atoms with van der Waals surface area (Å²) in [6.07, 6.45) is 3.52. The fraction of sp³-hybridized carbons (Fsp3) is 0.421. The molecule has 0 N–H and O–H groups in total. The third-order valence-electron chi connectivity index (χ3n) is 4.22. The van der Waals surface area contributed by atoms with Crippen LogP contribution in [0.25, 0.3) is 10.9 Å². The van der Waals surface area contributed by atoms with Gasteiger partial charge in [0.2, 0.25) is 0 Å². The van der Waals surface area contributed by atoms with Gasteiger partial charge < -0.3 is 0 Å². The van der Waals surface area contributed by atoms with Crippen LogP contribution in [0, 0.1) is 6.92 Å². The maximum atomic E-state index is 12.8. The van der Waals surface area contributed by atoms with Gasteiger partial charge in [-0.3, -0.25) is 9.67 Å². The molecule has 8 heteroatoms. The van der Waals surface area contributed by atoms with Crippen molar-refractivity contribution >= 4 is 22.7 Å². The Kier molecular flexibility index (Phi) is 6.36. The maximum absolute atomic E-state index is 12.8. The third-order valence-corrected chi connectivity index (χ3v) is 5.38. The summed E-state index contributed by atoms with van der Waals surface area (Å²) >= 11 is 1.67. The maximum Gasteiger partial charge on any atom is 0.416 e. The van der Waals surface area contributed by atoms with Crippen LogP contribution in [0.15, 0.2) is 41.6 Å². The molecule has 0 atom stereocenters. The van der Waals surface area contributed by atoms with Gasteiger partial charge in [0, 0.05) is 29.2 Å². The Morgan fingerprint density at radius 1 is 1.07 bits per heavy atom. The number of hydrogen-bond acceptors (Lipinski definition) is 4. The molecule has 0 aliphatic rings. The number of nitrogens with zero attached hydrogens (tertiary/aromatic N) is 4. The molecule has 0 aliphatic carbocycles. The zero-order valence-electron chi connectivity index (χ0n) is 15.0. The van der Waals surface area contributed by atoms with Crippen LogP contribution in [0.4, 0.5) is 13.2 Å². The number of benzene rings is 1. The van der Waals surface area contributed by atoms with Crippen LogP contribution in [0.3, 0.4) is 0 Å². The number of aromatic nitrogens is 4. The number of unbranched alkanes of at least 4 members (excludes halogenated alkanes) is 3. The van der Waals surface area contributed by atoms with Crippen LogP contribution in [-0.2, 0) is 12.7 Å². The number of aryl methyl sites for hydroxylation is 2. The van der Waals surface area contributed by atoms with Crippen LogP contribution in [-0.4, -0.2) is 25.7 Å². The predicted octanol–water partition coefficient (Wildman–Crippen LogP) is 5.51. The highest BCUT2D eigenvalue weighted by molar-refractivity contribution is 7.99. The Labute approximate surface area is 160 Å². The van der Waals surface area contributed by atoms with E-state index < -0.39 is 11.7 Å². The smallest absolute Gasteiger partial charge is 0.256 e. The molecule has 1 aromatic carbocycles. The van der Waals surface area contributed by atoms with Gasteiger partial charge in [0.1, 0.15) is 0 Å². The molecular formula is C19H21F3N4S. The molecule has 0 radical (unpaired) electrons. The molecule has 144 valence electrons. The minimum atomic E-state index is -4.34. The Morgan fingerprint density at radius 2 is 1.89 bits per heavy atom. The Bertz CT molecular complexity index is 892. The number of halogens is 3. The van der Waals surface area contributed by atoms with E-state index in [0.717, 1.165) is 66.1 Å². The van der Waals surface area contributed by atoms with Gasteiger partial charge in [0.05, 0.1) is 16.8 Å². The van der Waals surface area contributed by atoms with Crippen LogP contribution in [0.5, 0.6) is 0 Å². The molecule has 0 unspecified atom stereocenters. The van der Waals surface area contributed by atoms with Crippen LogP contribution in [0.2, 0.25) is 0 Å². The van der Waals surface area contributed by atoms with Crippen molar-refractivity contribution in [2.24, 2.45) is 0 Å². The van der Waals surface area contributed by atoms with Crippen LogP contribution >= 0.6 is 11.8 Å². The monoisotopic (exact) mass is 394 g/mol. The van der Waals surface area contributed by atoms with E-state index in [2.05, 4.69) is 15.3 Å². The predicted molar refractivity (Wildman–Crippen MR) is 101 cm³/mol. The molecule has 0 amide bonds. The molecule has 0 saturated heterocycles. The van der Waals surface area contributed by atoms with Crippen molar-refractivity contribution in [2.45, 2.75) is 50.2 Å². The Balaban J connectivity index is 1.46. The van der Waals surface area contributed by atoms with E-state index in [4.69, 9.17) is 0 Å². The van der Waals surface area contributed by atoms with Crippen molar-refractivity contribution in [3.63, 3.8) is 0 Å². The van der Waals surface area contributed by atoms with Crippen molar-refractivity contribution < 1.29 is 13.2 Å². The average Bonchev–Trinajstić information content (AvgIpc) is 3.05. The second-order valence-corrected chi connectivity index (χ2v) is 7.56. The van der Waals surface area contributed by atoms with Crippen molar-refractivity contribution in [2.75, 3.05) is 5.75 Å². The van der Waals surface area contributed by atoms with Gasteiger partial charge in [-0.15, -0.1) is 16.9 Å². The molecule has 3 rings (SSSR count). The first-order valence-corrected chi connectivity index (χ1v) is 9.87. The van der Waals surface area contributed by atoms with Crippen LogP contribution < -0.4 is 0 Å². The summed E-state index contributed by atoms with van der Waals surface area (Å²) in [5.41, 5.74) is 0.656. The molecule has 0 saturated carbocycles. The number of alkyl halides is 3. The van der Waals surface area contributed by atoms with E-state index in [9.17, 15) is 13.2 Å². The summed E-state index contributed by atoms with van der Waals surface area (Å²) in [7, 11) is 0. The van der Waals surface area contributed by atoms with Crippen molar-refractivity contribution in [1.29, 1.82) is 0 Å². The SMILES string of the molecule is Cc1cn(CCCCCCSc2ccnc3cc(C(F)(F)F)ccc23)nn1. The summed E-state index contributed by atoms with van der Waals surface area (Å²) in [6.45, 7) is 2.80. The third kappa shape index (κ3) is 5.45. The quantitative estimate of drug-likeness (QED) is 0.373. The lowest BCUT2D eigenvalue weighted by Gasteiger charge is -2.10. The molecule has 0 spiro atoms. The highest BCUT2D eigenvalue weighted by atomic mass is 32.2. The normalized spacial score (nSPS) is 12.0. The molecular weight excluding hydrogens is 373 g/mol. The number of thioether (sulfide) groups is 1. The lowest BCUT2D eigenvalue weighted by molar-refractivity contribution is -0.137. The van der Waals surface area contributed by atoms with E-state index >= 15 is 0 Å². The number of hydrogen-bond donors (Lipinski definition) is 0. The van der Waals surface area contributed by atoms with Crippen molar-refractivity contribution in [3.05, 3.63) is 47.9 Å². The molecule has 2 aromatic heterocycles. The van der Waals surface area contributed by atoms with Crippen molar-refractivity contribution in [1.82, 2.24) is 20.0 Å². The summed E-state index contributed by atoms with van der Waals surface area (Å²) < 4.78 is 40.4. The molecule has 4 nitrogen and oxygen atoms in total. The molecule has 2 heterocycles.